The van der Waals surface area contributed by atoms with Crippen LogP contribution < -0.4 is 15.8 Å². The van der Waals surface area contributed by atoms with Gasteiger partial charge in [0.2, 0.25) is 5.88 Å². The molecule has 10 nitrogen and oxygen atoms in total. The van der Waals surface area contributed by atoms with E-state index >= 15 is 0 Å². The van der Waals surface area contributed by atoms with E-state index in [1.165, 1.54) is 0 Å². The SMILES string of the molecule is C[C@@H]1OC(=O)c2ccc(Nc3cc4c(C(C)(C)N)cnc(OC5CC(S(=O)(=O)C6CC6)C5)c4cn3)nc2[C@H]1C. The predicted octanol–water partition coefficient (Wildman–Crippen LogP) is 4.11. The van der Waals surface area contributed by atoms with E-state index in [1.807, 2.05) is 33.8 Å². The molecule has 39 heavy (non-hydrogen) atoms. The minimum absolute atomic E-state index is 0.0372. The number of sulfone groups is 1. The van der Waals surface area contributed by atoms with E-state index in [1.54, 1.807) is 24.5 Å². The smallest absolute Gasteiger partial charge is 0.340 e. The number of fused-ring (bicyclic) bond motifs is 2. The molecule has 0 bridgehead atoms. The van der Waals surface area contributed by atoms with E-state index in [-0.39, 0.29) is 34.6 Å². The largest absolute Gasteiger partial charge is 0.474 e. The van der Waals surface area contributed by atoms with Crippen molar-refractivity contribution < 1.29 is 22.7 Å². The van der Waals surface area contributed by atoms with Crippen LogP contribution >= 0.6 is 0 Å². The average Bonchev–Trinajstić information content (AvgIpc) is 3.70. The van der Waals surface area contributed by atoms with Crippen LogP contribution in [0.2, 0.25) is 0 Å². The van der Waals surface area contributed by atoms with Crippen molar-refractivity contribution in [2.45, 2.75) is 87.5 Å². The highest BCUT2D eigenvalue weighted by Gasteiger charge is 2.48. The zero-order chi connectivity index (χ0) is 27.7. The number of cyclic esters (lactones) is 1. The number of carbonyl (C=O) groups excluding carboxylic acids is 1. The van der Waals surface area contributed by atoms with Gasteiger partial charge in [-0.05, 0) is 62.8 Å². The van der Waals surface area contributed by atoms with Gasteiger partial charge in [0.15, 0.2) is 9.84 Å². The molecular weight excluding hydrogens is 518 g/mol. The van der Waals surface area contributed by atoms with Gasteiger partial charge in [-0.1, -0.05) is 6.92 Å². The Morgan fingerprint density at radius 2 is 1.79 bits per heavy atom. The van der Waals surface area contributed by atoms with Crippen LogP contribution in [0, 0.1) is 0 Å². The first-order chi connectivity index (χ1) is 18.4. The number of nitrogens with zero attached hydrogens (tertiary/aromatic N) is 3. The Hall–Kier alpha value is -3.31. The van der Waals surface area contributed by atoms with Gasteiger partial charge in [-0.15, -0.1) is 0 Å². The number of aromatic nitrogens is 3. The number of nitrogens with one attached hydrogen (secondary N) is 1. The molecule has 3 aromatic rings. The molecule has 2 aliphatic carbocycles. The topological polar surface area (TPSA) is 146 Å². The summed E-state index contributed by atoms with van der Waals surface area (Å²) in [4.78, 5) is 26.1. The lowest BCUT2D eigenvalue weighted by atomic mass is 9.92. The van der Waals surface area contributed by atoms with Crippen LogP contribution in [-0.4, -0.2) is 52.0 Å². The highest BCUT2D eigenvalue weighted by Crippen LogP contribution is 2.41. The van der Waals surface area contributed by atoms with Crippen molar-refractivity contribution >= 4 is 38.2 Å². The number of rotatable bonds is 7. The summed E-state index contributed by atoms with van der Waals surface area (Å²) < 4.78 is 36.6. The Bertz CT molecular complexity index is 1580. The molecule has 3 aliphatic rings. The van der Waals surface area contributed by atoms with Crippen LogP contribution in [0.3, 0.4) is 0 Å². The van der Waals surface area contributed by atoms with Crippen molar-refractivity contribution in [3.63, 3.8) is 0 Å². The van der Waals surface area contributed by atoms with E-state index in [0.717, 1.165) is 23.8 Å². The summed E-state index contributed by atoms with van der Waals surface area (Å²) >= 11 is 0. The van der Waals surface area contributed by atoms with Gasteiger partial charge < -0.3 is 20.5 Å². The zero-order valence-electron chi connectivity index (χ0n) is 22.5. The zero-order valence-corrected chi connectivity index (χ0v) is 23.3. The summed E-state index contributed by atoms with van der Waals surface area (Å²) in [6.45, 7) is 7.65. The lowest BCUT2D eigenvalue weighted by molar-refractivity contribution is 0.0235. The van der Waals surface area contributed by atoms with Crippen LogP contribution in [0.5, 0.6) is 5.88 Å². The van der Waals surface area contributed by atoms with E-state index < -0.39 is 15.4 Å². The molecule has 0 radical (unpaired) electrons. The van der Waals surface area contributed by atoms with Crippen molar-refractivity contribution in [1.29, 1.82) is 0 Å². The fourth-order valence-electron chi connectivity index (χ4n) is 5.25. The van der Waals surface area contributed by atoms with Crippen LogP contribution in [0.4, 0.5) is 11.6 Å². The Labute approximate surface area is 227 Å². The highest BCUT2D eigenvalue weighted by molar-refractivity contribution is 7.93. The summed E-state index contributed by atoms with van der Waals surface area (Å²) in [6.07, 6.45) is 5.45. The molecule has 2 saturated carbocycles. The van der Waals surface area contributed by atoms with E-state index in [2.05, 4.69) is 15.3 Å². The number of ether oxygens (including phenoxy) is 2. The second-order valence-electron chi connectivity index (χ2n) is 11.6. The number of nitrogens with two attached hydrogens (primary N) is 1. The molecule has 11 heteroatoms. The third-order valence-electron chi connectivity index (χ3n) is 8.04. The van der Waals surface area contributed by atoms with Gasteiger partial charge in [0, 0.05) is 36.7 Å². The van der Waals surface area contributed by atoms with Crippen LogP contribution in [0.1, 0.15) is 80.9 Å². The molecule has 0 unspecified atom stereocenters. The molecule has 0 spiro atoms. The van der Waals surface area contributed by atoms with Gasteiger partial charge in [-0.3, -0.25) is 0 Å². The molecule has 3 aromatic heterocycles. The summed E-state index contributed by atoms with van der Waals surface area (Å²) in [5, 5.41) is 4.30. The molecule has 4 heterocycles. The fraction of sp³-hybridized carbons (Fsp3) is 0.500. The molecule has 0 aromatic carbocycles. The summed E-state index contributed by atoms with van der Waals surface area (Å²) in [5.41, 5.74) is 7.79. The van der Waals surface area contributed by atoms with Gasteiger partial charge >= 0.3 is 5.97 Å². The van der Waals surface area contributed by atoms with Crippen molar-refractivity contribution in [3.05, 3.63) is 47.4 Å². The molecule has 3 N–H and O–H groups in total. The summed E-state index contributed by atoms with van der Waals surface area (Å²) in [5.74, 6) is 1.13. The molecule has 2 atom stereocenters. The standard InChI is InChI=1S/C28H33N5O5S/c1-14-15(2)37-27(34)19-7-8-23(33-25(14)19)32-24-11-20-21(12-30-24)26(31-13-22(20)28(3,4)29)38-16-9-18(10-16)39(35,36)17-5-6-17/h7-8,11-18H,5-6,9-10,29H2,1-4H3,(H,30,32,33)/t14-,15-,16?,18?/m0/s1. The van der Waals surface area contributed by atoms with Crippen LogP contribution in [-0.2, 0) is 20.1 Å². The monoisotopic (exact) mass is 551 g/mol. The van der Waals surface area contributed by atoms with Crippen molar-refractivity contribution in [2.24, 2.45) is 5.73 Å². The Kier molecular flexibility index (Phi) is 6.07. The first kappa shape index (κ1) is 25.9. The van der Waals surface area contributed by atoms with Crippen LogP contribution in [0.15, 0.2) is 30.6 Å². The quantitative estimate of drug-likeness (QED) is 0.411. The molecule has 2 fully saturated rings. The molecule has 0 saturated heterocycles. The number of anilines is 2. The van der Waals surface area contributed by atoms with E-state index in [0.29, 0.717) is 47.0 Å². The maximum atomic E-state index is 12.5. The maximum Gasteiger partial charge on any atom is 0.340 e. The normalized spacial score (nSPS) is 25.0. The van der Waals surface area contributed by atoms with Gasteiger partial charge in [-0.2, -0.15) is 0 Å². The minimum Gasteiger partial charge on any atom is -0.474 e. The lowest BCUT2D eigenvalue weighted by Gasteiger charge is -2.35. The van der Waals surface area contributed by atoms with Gasteiger partial charge in [0.25, 0.3) is 0 Å². The third kappa shape index (κ3) is 4.71. The van der Waals surface area contributed by atoms with E-state index in [9.17, 15) is 13.2 Å². The Morgan fingerprint density at radius 3 is 2.49 bits per heavy atom. The van der Waals surface area contributed by atoms with Crippen LogP contribution in [0.25, 0.3) is 10.8 Å². The lowest BCUT2D eigenvalue weighted by Crippen LogP contribution is -2.44. The highest BCUT2D eigenvalue weighted by atomic mass is 32.2. The van der Waals surface area contributed by atoms with Gasteiger partial charge in [0.05, 0.1) is 27.1 Å². The summed E-state index contributed by atoms with van der Waals surface area (Å²) in [6, 6.07) is 5.33. The Balaban J connectivity index is 1.28. The number of pyridine rings is 3. The number of carbonyl (C=O) groups is 1. The van der Waals surface area contributed by atoms with Gasteiger partial charge in [0.1, 0.15) is 23.8 Å². The minimum atomic E-state index is -3.04. The maximum absolute atomic E-state index is 12.5. The molecule has 0 amide bonds. The first-order valence-electron chi connectivity index (χ1n) is 13.4. The number of hydrogen-bond donors (Lipinski definition) is 2. The Morgan fingerprint density at radius 1 is 1.05 bits per heavy atom. The molecular formula is C28H33N5O5S. The first-order valence-corrected chi connectivity index (χ1v) is 15.0. The number of hydrogen-bond acceptors (Lipinski definition) is 10. The van der Waals surface area contributed by atoms with Gasteiger partial charge in [-0.25, -0.2) is 28.2 Å². The van der Waals surface area contributed by atoms with E-state index in [4.69, 9.17) is 20.2 Å². The molecule has 1 aliphatic heterocycles. The molecule has 6 rings (SSSR count). The third-order valence-corrected chi connectivity index (χ3v) is 10.8. The fourth-order valence-corrected chi connectivity index (χ4v) is 7.55. The second kappa shape index (κ2) is 9.12. The van der Waals surface area contributed by atoms with Crippen molar-refractivity contribution in [1.82, 2.24) is 15.0 Å². The molecule has 206 valence electrons. The average molecular weight is 552 g/mol. The number of esters is 1. The summed E-state index contributed by atoms with van der Waals surface area (Å²) in [7, 11) is -3.04. The van der Waals surface area contributed by atoms with Crippen molar-refractivity contribution in [2.75, 3.05) is 5.32 Å². The van der Waals surface area contributed by atoms with Crippen molar-refractivity contribution in [3.8, 4) is 5.88 Å². The second-order valence-corrected chi connectivity index (χ2v) is 14.1. The predicted molar refractivity (Wildman–Crippen MR) is 147 cm³/mol.